The second-order valence-corrected chi connectivity index (χ2v) is 5.47. The Balaban J connectivity index is 2.14. The summed E-state index contributed by atoms with van der Waals surface area (Å²) in [6.45, 7) is 3.08. The van der Waals surface area contributed by atoms with Crippen LogP contribution in [0, 0.1) is 0 Å². The monoisotopic (exact) mass is 240 g/mol. The van der Waals surface area contributed by atoms with E-state index < -0.39 is 0 Å². The molecule has 1 saturated heterocycles. The smallest absolute Gasteiger partial charge is 0.128 e. The molecule has 1 aliphatic heterocycles. The lowest BCUT2D eigenvalue weighted by atomic mass is 10.1. The molecule has 2 atom stereocenters. The van der Waals surface area contributed by atoms with E-state index in [4.69, 9.17) is 5.84 Å². The topological polar surface area (TPSA) is 55.9 Å². The molecule has 0 aliphatic carbocycles. The highest BCUT2D eigenvalue weighted by Crippen LogP contribution is 2.33. The highest BCUT2D eigenvalue weighted by atomic mass is 32.2. The molecule has 0 saturated carbocycles. The molecule has 1 aromatic rings. The van der Waals surface area contributed by atoms with E-state index in [1.165, 1.54) is 25.0 Å². The van der Waals surface area contributed by atoms with Gasteiger partial charge in [0.05, 0.1) is 6.04 Å². The number of thioether (sulfide) groups is 1. The summed E-state index contributed by atoms with van der Waals surface area (Å²) in [5, 5.41) is 0.562. The maximum absolute atomic E-state index is 5.70. The molecule has 1 aliphatic rings. The third kappa shape index (κ3) is 2.42. The summed E-state index contributed by atoms with van der Waals surface area (Å²) in [4.78, 5) is 4.44. The number of nitrogens with one attached hydrogen (secondary N) is 1. The van der Waals surface area contributed by atoms with Crippen molar-refractivity contribution in [3.05, 3.63) is 18.2 Å². The third-order valence-corrected chi connectivity index (χ3v) is 4.59. The Bertz CT molecular complexity index is 320. The molecule has 0 amide bonds. The first-order chi connectivity index (χ1) is 7.86. The van der Waals surface area contributed by atoms with Gasteiger partial charge in [0.15, 0.2) is 0 Å². The SMILES string of the molecule is CCn1ccnc1C(NN)C1CCCCS1. The number of hydrazine groups is 1. The van der Waals surface area contributed by atoms with Gasteiger partial charge >= 0.3 is 0 Å². The molecule has 4 nitrogen and oxygen atoms in total. The molecular formula is C11H20N4S. The summed E-state index contributed by atoms with van der Waals surface area (Å²) in [5.41, 5.74) is 2.94. The fourth-order valence-corrected chi connectivity index (χ4v) is 3.64. The third-order valence-electron chi connectivity index (χ3n) is 3.13. The zero-order chi connectivity index (χ0) is 11.4. The van der Waals surface area contributed by atoms with Gasteiger partial charge in [0, 0.05) is 24.2 Å². The van der Waals surface area contributed by atoms with Crippen molar-refractivity contribution >= 4 is 11.8 Å². The van der Waals surface area contributed by atoms with Gasteiger partial charge in [-0.3, -0.25) is 5.84 Å². The number of aromatic nitrogens is 2. The van der Waals surface area contributed by atoms with Crippen LogP contribution in [0.3, 0.4) is 0 Å². The molecular weight excluding hydrogens is 220 g/mol. The van der Waals surface area contributed by atoms with E-state index in [0.29, 0.717) is 5.25 Å². The lowest BCUT2D eigenvalue weighted by Gasteiger charge is -2.29. The normalized spacial score (nSPS) is 23.2. The predicted octanol–water partition coefficient (Wildman–Crippen LogP) is 1.69. The van der Waals surface area contributed by atoms with Crippen molar-refractivity contribution in [1.29, 1.82) is 0 Å². The summed E-state index contributed by atoms with van der Waals surface area (Å²) >= 11 is 2.02. The molecule has 3 N–H and O–H groups in total. The predicted molar refractivity (Wildman–Crippen MR) is 68.1 cm³/mol. The van der Waals surface area contributed by atoms with Crippen molar-refractivity contribution in [2.24, 2.45) is 5.84 Å². The fraction of sp³-hybridized carbons (Fsp3) is 0.727. The average Bonchev–Trinajstić information content (AvgIpc) is 2.80. The summed E-state index contributed by atoms with van der Waals surface area (Å²) in [7, 11) is 0. The molecule has 0 aromatic carbocycles. The highest BCUT2D eigenvalue weighted by Gasteiger charge is 2.27. The highest BCUT2D eigenvalue weighted by molar-refractivity contribution is 8.00. The Kier molecular flexibility index (Phi) is 4.26. The van der Waals surface area contributed by atoms with E-state index in [1.807, 2.05) is 24.2 Å². The van der Waals surface area contributed by atoms with Gasteiger partial charge in [-0.1, -0.05) is 6.42 Å². The Hall–Kier alpha value is -0.520. The van der Waals surface area contributed by atoms with E-state index in [1.54, 1.807) is 0 Å². The molecule has 1 aromatic heterocycles. The van der Waals surface area contributed by atoms with E-state index in [-0.39, 0.29) is 6.04 Å². The fourth-order valence-electron chi connectivity index (χ4n) is 2.24. The van der Waals surface area contributed by atoms with Crippen LogP contribution in [-0.4, -0.2) is 20.6 Å². The number of nitrogens with two attached hydrogens (primary N) is 1. The van der Waals surface area contributed by atoms with Crippen molar-refractivity contribution in [1.82, 2.24) is 15.0 Å². The van der Waals surface area contributed by atoms with Crippen LogP contribution in [0.15, 0.2) is 12.4 Å². The van der Waals surface area contributed by atoms with Crippen molar-refractivity contribution in [3.8, 4) is 0 Å². The Morgan fingerprint density at radius 1 is 1.69 bits per heavy atom. The quantitative estimate of drug-likeness (QED) is 0.621. The van der Waals surface area contributed by atoms with Gasteiger partial charge in [0.1, 0.15) is 5.82 Å². The molecule has 2 heterocycles. The molecule has 0 radical (unpaired) electrons. The maximum atomic E-state index is 5.70. The van der Waals surface area contributed by atoms with Crippen LogP contribution in [0.25, 0.3) is 0 Å². The number of hydrogen-bond donors (Lipinski definition) is 2. The van der Waals surface area contributed by atoms with Gasteiger partial charge in [-0.05, 0) is 25.5 Å². The van der Waals surface area contributed by atoms with Crippen LogP contribution < -0.4 is 11.3 Å². The lowest BCUT2D eigenvalue weighted by Crippen LogP contribution is -2.38. The maximum Gasteiger partial charge on any atom is 0.128 e. The van der Waals surface area contributed by atoms with Crippen molar-refractivity contribution in [2.75, 3.05) is 5.75 Å². The largest absolute Gasteiger partial charge is 0.334 e. The van der Waals surface area contributed by atoms with Gasteiger partial charge in [0.2, 0.25) is 0 Å². The first-order valence-electron chi connectivity index (χ1n) is 5.95. The first kappa shape index (κ1) is 12.0. The van der Waals surface area contributed by atoms with Gasteiger partial charge < -0.3 is 4.57 Å². The lowest BCUT2D eigenvalue weighted by molar-refractivity contribution is 0.454. The molecule has 2 rings (SSSR count). The minimum Gasteiger partial charge on any atom is -0.334 e. The minimum absolute atomic E-state index is 0.181. The first-order valence-corrected chi connectivity index (χ1v) is 7.00. The Morgan fingerprint density at radius 2 is 2.56 bits per heavy atom. The summed E-state index contributed by atoms with van der Waals surface area (Å²) in [5.74, 6) is 8.02. The van der Waals surface area contributed by atoms with Crippen LogP contribution in [0.1, 0.15) is 38.1 Å². The van der Waals surface area contributed by atoms with Crippen LogP contribution in [0.5, 0.6) is 0 Å². The molecule has 90 valence electrons. The molecule has 2 unspecified atom stereocenters. The summed E-state index contributed by atoms with van der Waals surface area (Å²) < 4.78 is 2.17. The zero-order valence-corrected chi connectivity index (χ0v) is 10.5. The number of hydrogen-bond acceptors (Lipinski definition) is 4. The molecule has 16 heavy (non-hydrogen) atoms. The van der Waals surface area contributed by atoms with Gasteiger partial charge in [-0.15, -0.1) is 0 Å². The number of aryl methyl sites for hydroxylation is 1. The minimum atomic E-state index is 0.181. The van der Waals surface area contributed by atoms with Gasteiger partial charge in [-0.25, -0.2) is 10.4 Å². The molecule has 0 spiro atoms. The van der Waals surface area contributed by atoms with E-state index >= 15 is 0 Å². The van der Waals surface area contributed by atoms with Crippen LogP contribution in [-0.2, 0) is 6.54 Å². The number of imidazole rings is 1. The van der Waals surface area contributed by atoms with Crippen LogP contribution in [0.2, 0.25) is 0 Å². The number of nitrogens with zero attached hydrogens (tertiary/aromatic N) is 2. The average molecular weight is 240 g/mol. The Morgan fingerprint density at radius 3 is 3.19 bits per heavy atom. The summed E-state index contributed by atoms with van der Waals surface area (Å²) in [6, 6.07) is 0.181. The Labute approximate surface area is 101 Å². The molecule has 0 bridgehead atoms. The van der Waals surface area contributed by atoms with Crippen molar-refractivity contribution < 1.29 is 0 Å². The van der Waals surface area contributed by atoms with Crippen LogP contribution in [0.4, 0.5) is 0 Å². The standard InChI is InChI=1S/C11H20N4S/c1-2-15-7-6-13-11(15)10(14-12)9-5-3-4-8-16-9/h6-7,9-10,14H,2-5,8,12H2,1H3. The van der Waals surface area contributed by atoms with Gasteiger partial charge in [0.25, 0.3) is 0 Å². The van der Waals surface area contributed by atoms with E-state index in [0.717, 1.165) is 12.4 Å². The number of rotatable bonds is 4. The van der Waals surface area contributed by atoms with Crippen molar-refractivity contribution in [3.63, 3.8) is 0 Å². The van der Waals surface area contributed by atoms with E-state index in [9.17, 15) is 0 Å². The van der Waals surface area contributed by atoms with Crippen LogP contribution >= 0.6 is 11.8 Å². The summed E-state index contributed by atoms with van der Waals surface area (Å²) in [6.07, 6.45) is 7.75. The second kappa shape index (κ2) is 5.70. The second-order valence-electron chi connectivity index (χ2n) is 4.12. The molecule has 1 fully saturated rings. The van der Waals surface area contributed by atoms with Crippen molar-refractivity contribution in [2.45, 2.75) is 44.0 Å². The zero-order valence-electron chi connectivity index (χ0n) is 9.72. The molecule has 5 heteroatoms. The van der Waals surface area contributed by atoms with Gasteiger partial charge in [-0.2, -0.15) is 11.8 Å². The van der Waals surface area contributed by atoms with E-state index in [2.05, 4.69) is 21.9 Å².